The van der Waals surface area contributed by atoms with Gasteiger partial charge in [-0.3, -0.25) is 0 Å². The van der Waals surface area contributed by atoms with Gasteiger partial charge in [0, 0.05) is 6.54 Å². The van der Waals surface area contributed by atoms with Gasteiger partial charge in [0.1, 0.15) is 17.2 Å². The zero-order chi connectivity index (χ0) is 10.4. The molecule has 1 atom stereocenters. The first-order valence-electron chi connectivity index (χ1n) is 4.57. The standard InChI is InChI=1S/C9H14ClN3O/c1-7(14)3-2-4-12-9-8(10)5-11-6-13-9/h5-7,14H,2-4H2,1H3,(H,11,12,13). The molecule has 5 heteroatoms. The van der Waals surface area contributed by atoms with Gasteiger partial charge in [-0.15, -0.1) is 0 Å². The fraction of sp³-hybridized carbons (Fsp3) is 0.556. The van der Waals surface area contributed by atoms with Crippen molar-refractivity contribution < 1.29 is 5.11 Å². The normalized spacial score (nSPS) is 12.5. The Morgan fingerprint density at radius 1 is 1.64 bits per heavy atom. The Bertz CT molecular complexity index is 281. The predicted molar refractivity (Wildman–Crippen MR) is 56.4 cm³/mol. The van der Waals surface area contributed by atoms with E-state index in [1.54, 1.807) is 13.1 Å². The van der Waals surface area contributed by atoms with Gasteiger partial charge in [0.05, 0.1) is 12.3 Å². The highest BCUT2D eigenvalue weighted by Gasteiger charge is 2.00. The first kappa shape index (κ1) is 11.2. The van der Waals surface area contributed by atoms with Crippen LogP contribution in [0.25, 0.3) is 0 Å². The van der Waals surface area contributed by atoms with Gasteiger partial charge in [-0.25, -0.2) is 9.97 Å². The molecule has 78 valence electrons. The third-order valence-corrected chi connectivity index (χ3v) is 2.04. The summed E-state index contributed by atoms with van der Waals surface area (Å²) in [6.45, 7) is 2.53. The van der Waals surface area contributed by atoms with Crippen molar-refractivity contribution >= 4 is 17.4 Å². The van der Waals surface area contributed by atoms with E-state index in [1.165, 1.54) is 6.33 Å². The number of nitrogens with one attached hydrogen (secondary N) is 1. The molecule has 1 rings (SSSR count). The van der Waals surface area contributed by atoms with E-state index in [4.69, 9.17) is 16.7 Å². The maximum absolute atomic E-state index is 9.02. The molecule has 1 heterocycles. The lowest BCUT2D eigenvalue weighted by Crippen LogP contribution is -2.07. The highest BCUT2D eigenvalue weighted by molar-refractivity contribution is 6.32. The molecule has 0 fully saturated rings. The van der Waals surface area contributed by atoms with Gasteiger partial charge in [-0.2, -0.15) is 0 Å². The molecule has 0 spiro atoms. The molecule has 4 nitrogen and oxygen atoms in total. The Hall–Kier alpha value is -0.870. The van der Waals surface area contributed by atoms with Gasteiger partial charge >= 0.3 is 0 Å². The maximum Gasteiger partial charge on any atom is 0.148 e. The van der Waals surface area contributed by atoms with Gasteiger partial charge in [-0.05, 0) is 19.8 Å². The second-order valence-electron chi connectivity index (χ2n) is 3.14. The van der Waals surface area contributed by atoms with Crippen LogP contribution in [-0.2, 0) is 0 Å². The highest BCUT2D eigenvalue weighted by Crippen LogP contribution is 2.15. The Kier molecular flexibility index (Phi) is 4.62. The second-order valence-corrected chi connectivity index (χ2v) is 3.54. The van der Waals surface area contributed by atoms with Crippen LogP contribution in [0.4, 0.5) is 5.82 Å². The number of nitrogens with zero attached hydrogens (tertiary/aromatic N) is 2. The SMILES string of the molecule is CC(O)CCCNc1ncncc1Cl. The van der Waals surface area contributed by atoms with E-state index in [0.717, 1.165) is 19.4 Å². The van der Waals surface area contributed by atoms with Crippen LogP contribution in [0.3, 0.4) is 0 Å². The molecule has 1 aromatic heterocycles. The van der Waals surface area contributed by atoms with E-state index in [2.05, 4.69) is 15.3 Å². The van der Waals surface area contributed by atoms with Gasteiger partial charge in [0.2, 0.25) is 0 Å². The van der Waals surface area contributed by atoms with Gasteiger partial charge in [-0.1, -0.05) is 11.6 Å². The molecule has 0 aliphatic carbocycles. The van der Waals surface area contributed by atoms with Crippen molar-refractivity contribution in [3.8, 4) is 0 Å². The molecular formula is C9H14ClN3O. The summed E-state index contributed by atoms with van der Waals surface area (Å²) in [6.07, 6.45) is 4.40. The monoisotopic (exact) mass is 215 g/mol. The molecule has 14 heavy (non-hydrogen) atoms. The Labute approximate surface area is 88.3 Å². The van der Waals surface area contributed by atoms with E-state index >= 15 is 0 Å². The molecule has 1 unspecified atom stereocenters. The quantitative estimate of drug-likeness (QED) is 0.735. The zero-order valence-electron chi connectivity index (χ0n) is 8.07. The number of aromatic nitrogens is 2. The summed E-state index contributed by atoms with van der Waals surface area (Å²) < 4.78 is 0. The first-order valence-corrected chi connectivity index (χ1v) is 4.95. The van der Waals surface area contributed by atoms with E-state index in [0.29, 0.717) is 10.8 Å². The van der Waals surface area contributed by atoms with Crippen LogP contribution in [0.1, 0.15) is 19.8 Å². The molecule has 0 bridgehead atoms. The number of aliphatic hydroxyl groups excluding tert-OH is 1. The van der Waals surface area contributed by atoms with Crippen molar-refractivity contribution in [2.45, 2.75) is 25.9 Å². The van der Waals surface area contributed by atoms with Gasteiger partial charge in [0.15, 0.2) is 0 Å². The van der Waals surface area contributed by atoms with E-state index < -0.39 is 0 Å². The Balaban J connectivity index is 2.28. The van der Waals surface area contributed by atoms with Crippen LogP contribution in [0, 0.1) is 0 Å². The van der Waals surface area contributed by atoms with Gasteiger partial charge < -0.3 is 10.4 Å². The minimum atomic E-state index is -0.252. The molecule has 0 saturated heterocycles. The van der Waals surface area contributed by atoms with Crippen molar-refractivity contribution in [1.29, 1.82) is 0 Å². The number of halogens is 1. The third-order valence-electron chi connectivity index (χ3n) is 1.76. The average molecular weight is 216 g/mol. The minimum Gasteiger partial charge on any atom is -0.393 e. The largest absolute Gasteiger partial charge is 0.393 e. The van der Waals surface area contributed by atoms with Crippen molar-refractivity contribution in [2.24, 2.45) is 0 Å². The fourth-order valence-electron chi connectivity index (χ4n) is 1.05. The molecule has 0 radical (unpaired) electrons. The second kappa shape index (κ2) is 5.78. The lowest BCUT2D eigenvalue weighted by molar-refractivity contribution is 0.183. The summed E-state index contributed by atoms with van der Waals surface area (Å²) in [6, 6.07) is 0. The highest BCUT2D eigenvalue weighted by atomic mass is 35.5. The van der Waals surface area contributed by atoms with E-state index in [1.807, 2.05) is 0 Å². The molecule has 1 aromatic rings. The molecule has 0 saturated carbocycles. The molecule has 0 aliphatic rings. The first-order chi connectivity index (χ1) is 6.70. The number of aliphatic hydroxyl groups is 1. The Morgan fingerprint density at radius 2 is 2.43 bits per heavy atom. The molecule has 0 amide bonds. The van der Waals surface area contributed by atoms with E-state index in [-0.39, 0.29) is 6.10 Å². The topological polar surface area (TPSA) is 58.0 Å². The molecule has 2 N–H and O–H groups in total. The summed E-state index contributed by atoms with van der Waals surface area (Å²) in [5.74, 6) is 0.646. The lowest BCUT2D eigenvalue weighted by atomic mass is 10.2. The van der Waals surface area contributed by atoms with Crippen LogP contribution in [0.15, 0.2) is 12.5 Å². The summed E-state index contributed by atoms with van der Waals surface area (Å²) in [4.78, 5) is 7.76. The maximum atomic E-state index is 9.02. The molecule has 0 aromatic carbocycles. The fourth-order valence-corrected chi connectivity index (χ4v) is 1.22. The molecule has 0 aliphatic heterocycles. The van der Waals surface area contributed by atoms with Crippen LogP contribution < -0.4 is 5.32 Å². The summed E-state index contributed by atoms with van der Waals surface area (Å²) in [7, 11) is 0. The average Bonchev–Trinajstić information content (AvgIpc) is 2.15. The van der Waals surface area contributed by atoms with Crippen molar-refractivity contribution in [3.05, 3.63) is 17.5 Å². The molecular weight excluding hydrogens is 202 g/mol. The number of rotatable bonds is 5. The number of hydrogen-bond acceptors (Lipinski definition) is 4. The van der Waals surface area contributed by atoms with Crippen molar-refractivity contribution in [2.75, 3.05) is 11.9 Å². The smallest absolute Gasteiger partial charge is 0.148 e. The lowest BCUT2D eigenvalue weighted by Gasteiger charge is -2.07. The minimum absolute atomic E-state index is 0.252. The predicted octanol–water partition coefficient (Wildman–Crippen LogP) is 1.70. The number of hydrogen-bond donors (Lipinski definition) is 2. The van der Waals surface area contributed by atoms with Crippen molar-refractivity contribution in [1.82, 2.24) is 9.97 Å². The van der Waals surface area contributed by atoms with Crippen LogP contribution in [0.2, 0.25) is 5.02 Å². The van der Waals surface area contributed by atoms with Crippen LogP contribution in [-0.4, -0.2) is 27.7 Å². The third kappa shape index (κ3) is 3.89. The summed E-state index contributed by atoms with van der Waals surface area (Å²) >= 11 is 5.83. The van der Waals surface area contributed by atoms with Crippen LogP contribution in [0.5, 0.6) is 0 Å². The van der Waals surface area contributed by atoms with Crippen molar-refractivity contribution in [3.63, 3.8) is 0 Å². The van der Waals surface area contributed by atoms with Crippen LogP contribution >= 0.6 is 11.6 Å². The van der Waals surface area contributed by atoms with E-state index in [9.17, 15) is 0 Å². The summed E-state index contributed by atoms with van der Waals surface area (Å²) in [5.41, 5.74) is 0. The summed E-state index contributed by atoms with van der Waals surface area (Å²) in [5, 5.41) is 12.6. The van der Waals surface area contributed by atoms with Gasteiger partial charge in [0.25, 0.3) is 0 Å². The number of anilines is 1. The Morgan fingerprint density at radius 3 is 3.07 bits per heavy atom. The zero-order valence-corrected chi connectivity index (χ0v) is 8.83.